The van der Waals surface area contributed by atoms with Crippen LogP contribution >= 0.6 is 0 Å². The first-order chi connectivity index (χ1) is 21.8. The first-order valence-electron chi connectivity index (χ1n) is 17.4. The van der Waals surface area contributed by atoms with Crippen LogP contribution in [0.15, 0.2) is 55.1 Å². The highest BCUT2D eigenvalue weighted by molar-refractivity contribution is 5.91. The van der Waals surface area contributed by atoms with Crippen molar-refractivity contribution < 1.29 is 24.3 Å². The largest absolute Gasteiger partial charge is 0.481 e. The van der Waals surface area contributed by atoms with E-state index in [-0.39, 0.29) is 60.3 Å². The van der Waals surface area contributed by atoms with Crippen molar-refractivity contribution in [2.75, 3.05) is 0 Å². The number of Topliss-reactive ketones (excluding diaryl/α,β-unsaturated/α-hetero) is 3. The number of carboxylic acids is 1. The molecular formula is C41H54O5. The van der Waals surface area contributed by atoms with E-state index in [1.165, 1.54) is 18.4 Å². The minimum atomic E-state index is -0.875. The third-order valence-electron chi connectivity index (χ3n) is 10.5. The molecule has 0 heterocycles. The molecule has 2 fully saturated rings. The molecule has 5 nitrogen and oxygen atoms in total. The third-order valence-corrected chi connectivity index (χ3v) is 10.5. The molecule has 0 aliphatic heterocycles. The summed E-state index contributed by atoms with van der Waals surface area (Å²) in [5.74, 6) is 0.136. The second-order valence-electron chi connectivity index (χ2n) is 15.3. The predicted molar refractivity (Wildman–Crippen MR) is 185 cm³/mol. The summed E-state index contributed by atoms with van der Waals surface area (Å²) < 4.78 is 0. The fraction of sp³-hybridized carbons (Fsp3) is 0.561. The van der Waals surface area contributed by atoms with Crippen molar-refractivity contribution in [3.05, 3.63) is 77.4 Å². The highest BCUT2D eigenvalue weighted by Gasteiger charge is 2.44. The van der Waals surface area contributed by atoms with E-state index in [1.54, 1.807) is 6.07 Å². The van der Waals surface area contributed by atoms with Gasteiger partial charge in [0.2, 0.25) is 0 Å². The standard InChI is InChI=1S/C41H54O5/c1-7-30(24-38(43)36-25-35(36)33-13-10-11-28(19-33)23-40(45)46)37(42)21-29(22-39(44)41(4,5)6)20-32-12-8-9-14-34(32)27(3)31-17-15-26(2)16-18-31/h8-14,19,26,29-31,35-36H,3,7,15-18,20-25H2,1-2,4-6H3,(H,45,46). The molecule has 5 heteroatoms. The van der Waals surface area contributed by atoms with Gasteiger partial charge in [-0.3, -0.25) is 19.2 Å². The van der Waals surface area contributed by atoms with Gasteiger partial charge < -0.3 is 5.11 Å². The van der Waals surface area contributed by atoms with Crippen molar-refractivity contribution in [1.29, 1.82) is 0 Å². The second-order valence-corrected chi connectivity index (χ2v) is 15.3. The Morgan fingerprint density at radius 2 is 1.63 bits per heavy atom. The monoisotopic (exact) mass is 626 g/mol. The van der Waals surface area contributed by atoms with Crippen LogP contribution < -0.4 is 0 Å². The minimum absolute atomic E-state index is 0.0388. The quantitative estimate of drug-likeness (QED) is 0.201. The zero-order valence-corrected chi connectivity index (χ0v) is 28.6. The topological polar surface area (TPSA) is 88.5 Å². The van der Waals surface area contributed by atoms with Crippen molar-refractivity contribution in [2.24, 2.45) is 35.0 Å². The Hall–Kier alpha value is -3.34. The van der Waals surface area contributed by atoms with Gasteiger partial charge in [0.05, 0.1) is 6.42 Å². The first kappa shape index (κ1) is 35.5. The molecule has 0 radical (unpaired) electrons. The molecule has 248 valence electrons. The van der Waals surface area contributed by atoms with Gasteiger partial charge in [-0.15, -0.1) is 0 Å². The number of hydrogen-bond donors (Lipinski definition) is 1. The zero-order valence-electron chi connectivity index (χ0n) is 28.6. The summed E-state index contributed by atoms with van der Waals surface area (Å²) in [7, 11) is 0. The second kappa shape index (κ2) is 15.5. The van der Waals surface area contributed by atoms with Gasteiger partial charge in [-0.2, -0.15) is 0 Å². The summed E-state index contributed by atoms with van der Waals surface area (Å²) in [4.78, 5) is 51.7. The lowest BCUT2D eigenvalue weighted by Gasteiger charge is -2.29. The predicted octanol–water partition coefficient (Wildman–Crippen LogP) is 9.07. The summed E-state index contributed by atoms with van der Waals surface area (Å²) in [6, 6.07) is 15.9. The third kappa shape index (κ3) is 9.59. The lowest BCUT2D eigenvalue weighted by Crippen LogP contribution is -2.27. The zero-order chi connectivity index (χ0) is 33.6. The van der Waals surface area contributed by atoms with Crippen molar-refractivity contribution in [1.82, 2.24) is 0 Å². The van der Waals surface area contributed by atoms with Crippen LogP contribution in [0.5, 0.6) is 0 Å². The van der Waals surface area contributed by atoms with Crippen molar-refractivity contribution in [3.8, 4) is 0 Å². The fourth-order valence-corrected chi connectivity index (χ4v) is 7.29. The van der Waals surface area contributed by atoms with Gasteiger partial charge >= 0.3 is 5.97 Å². The van der Waals surface area contributed by atoms with Crippen LogP contribution in [0.4, 0.5) is 0 Å². The maximum Gasteiger partial charge on any atom is 0.307 e. The molecule has 0 saturated heterocycles. The van der Waals surface area contributed by atoms with Gasteiger partial charge in [0.25, 0.3) is 0 Å². The van der Waals surface area contributed by atoms with Crippen molar-refractivity contribution in [3.63, 3.8) is 0 Å². The Balaban J connectivity index is 1.45. The lowest BCUT2D eigenvalue weighted by atomic mass is 9.75. The minimum Gasteiger partial charge on any atom is -0.481 e. The van der Waals surface area contributed by atoms with Crippen LogP contribution in [0, 0.1) is 35.0 Å². The summed E-state index contributed by atoms with van der Waals surface area (Å²) >= 11 is 0. The molecule has 0 spiro atoms. The molecule has 0 bridgehead atoms. The first-order valence-corrected chi connectivity index (χ1v) is 17.4. The number of allylic oxidation sites excluding steroid dienone is 1. The number of carbonyl (C=O) groups excluding carboxylic acids is 3. The lowest BCUT2D eigenvalue weighted by molar-refractivity contribution is -0.136. The van der Waals surface area contributed by atoms with Gasteiger partial charge in [-0.25, -0.2) is 0 Å². The van der Waals surface area contributed by atoms with E-state index >= 15 is 0 Å². The summed E-state index contributed by atoms with van der Waals surface area (Å²) in [5, 5.41) is 9.15. The normalized spacial score (nSPS) is 22.5. The van der Waals surface area contributed by atoms with Gasteiger partial charge in [-0.05, 0) is 83.6 Å². The van der Waals surface area contributed by atoms with Crippen LogP contribution in [-0.4, -0.2) is 28.4 Å². The van der Waals surface area contributed by atoms with Gasteiger partial charge in [0.1, 0.15) is 17.3 Å². The summed E-state index contributed by atoms with van der Waals surface area (Å²) in [6.45, 7) is 14.6. The Kier molecular flexibility index (Phi) is 12.0. The molecule has 0 amide bonds. The molecule has 2 aromatic rings. The maximum absolute atomic E-state index is 13.8. The summed E-state index contributed by atoms with van der Waals surface area (Å²) in [5.41, 5.74) is 4.74. The number of carbonyl (C=O) groups is 4. The van der Waals surface area contributed by atoms with E-state index in [2.05, 4.69) is 31.7 Å². The van der Waals surface area contributed by atoms with E-state index in [4.69, 9.17) is 5.11 Å². The smallest absolute Gasteiger partial charge is 0.307 e. The Morgan fingerprint density at radius 1 is 0.935 bits per heavy atom. The number of aliphatic carboxylic acids is 1. The van der Waals surface area contributed by atoms with Crippen LogP contribution in [0.25, 0.3) is 5.57 Å². The van der Waals surface area contributed by atoms with E-state index in [0.29, 0.717) is 25.2 Å². The molecule has 46 heavy (non-hydrogen) atoms. The Bertz CT molecular complexity index is 1420. The van der Waals surface area contributed by atoms with Crippen LogP contribution in [0.3, 0.4) is 0 Å². The molecule has 4 unspecified atom stereocenters. The van der Waals surface area contributed by atoms with E-state index in [1.807, 2.05) is 52.0 Å². The van der Waals surface area contributed by atoms with Crippen molar-refractivity contribution >= 4 is 28.9 Å². The fourth-order valence-electron chi connectivity index (χ4n) is 7.29. The number of ketones is 3. The highest BCUT2D eigenvalue weighted by atomic mass is 16.4. The van der Waals surface area contributed by atoms with E-state index in [0.717, 1.165) is 47.4 Å². The van der Waals surface area contributed by atoms with Gasteiger partial charge in [0, 0.05) is 36.5 Å². The summed E-state index contributed by atoms with van der Waals surface area (Å²) in [6.07, 6.45) is 7.50. The maximum atomic E-state index is 13.8. The average Bonchev–Trinajstić information content (AvgIpc) is 3.81. The Labute approximate surface area is 276 Å². The van der Waals surface area contributed by atoms with Crippen molar-refractivity contribution in [2.45, 2.75) is 111 Å². The number of rotatable bonds is 16. The Morgan fingerprint density at radius 3 is 2.28 bits per heavy atom. The molecule has 0 aromatic heterocycles. The van der Waals surface area contributed by atoms with Gasteiger partial charge in [0.15, 0.2) is 0 Å². The molecule has 2 aliphatic rings. The number of benzene rings is 2. The highest BCUT2D eigenvalue weighted by Crippen LogP contribution is 2.49. The molecule has 2 saturated carbocycles. The number of carboxylic acid groups (broad SMARTS) is 1. The van der Waals surface area contributed by atoms with Crippen LogP contribution in [0.1, 0.15) is 121 Å². The molecule has 2 aromatic carbocycles. The molecule has 2 aliphatic carbocycles. The van der Waals surface area contributed by atoms with Crippen LogP contribution in [0.2, 0.25) is 0 Å². The molecular weight excluding hydrogens is 572 g/mol. The molecule has 1 N–H and O–H groups in total. The van der Waals surface area contributed by atoms with E-state index < -0.39 is 11.4 Å². The average molecular weight is 627 g/mol. The molecule has 4 atom stereocenters. The molecule has 4 rings (SSSR count). The number of hydrogen-bond acceptors (Lipinski definition) is 4. The van der Waals surface area contributed by atoms with E-state index in [9.17, 15) is 19.2 Å². The van der Waals surface area contributed by atoms with Crippen LogP contribution in [-0.2, 0) is 32.0 Å². The van der Waals surface area contributed by atoms with Gasteiger partial charge in [-0.1, -0.05) is 103 Å². The SMILES string of the molecule is C=C(c1ccccc1CC(CC(=O)C(CC)CC(=O)C1CC1c1cccc(CC(=O)O)c1)CC(=O)C(C)(C)C)C1CCC(C)CC1.